The summed E-state index contributed by atoms with van der Waals surface area (Å²) in [6.45, 7) is 0.785. The van der Waals surface area contributed by atoms with Crippen molar-refractivity contribution in [1.29, 1.82) is 0 Å². The van der Waals surface area contributed by atoms with Crippen LogP contribution in [0.3, 0.4) is 0 Å². The fourth-order valence-electron chi connectivity index (χ4n) is 2.39. The molecule has 6 heteroatoms. The van der Waals surface area contributed by atoms with E-state index in [4.69, 9.17) is 5.11 Å². The summed E-state index contributed by atoms with van der Waals surface area (Å²) in [6, 6.07) is -0.162. The number of carboxylic acids is 1. The number of aromatic amines is 1. The van der Waals surface area contributed by atoms with Crippen molar-refractivity contribution in [3.63, 3.8) is 0 Å². The van der Waals surface area contributed by atoms with E-state index in [1.165, 1.54) is 6.33 Å². The maximum absolute atomic E-state index is 10.8. The first-order valence-electron chi connectivity index (χ1n) is 5.51. The number of aromatic nitrogens is 3. The molecule has 2 aromatic heterocycles. The molecule has 3 rings (SSSR count). The molecule has 0 amide bonds. The third-order valence-corrected chi connectivity index (χ3v) is 3.11. The number of nitrogens with zero attached hydrogens (tertiary/aromatic N) is 2. The largest absolute Gasteiger partial charge is 0.481 e. The topological polar surface area (TPSA) is 90.9 Å². The molecule has 1 aliphatic rings. The van der Waals surface area contributed by atoms with Crippen molar-refractivity contribution >= 4 is 17.0 Å². The van der Waals surface area contributed by atoms with Crippen LogP contribution in [0.15, 0.2) is 12.5 Å². The van der Waals surface area contributed by atoms with Gasteiger partial charge in [-0.25, -0.2) is 9.97 Å². The fourth-order valence-corrected chi connectivity index (χ4v) is 2.39. The van der Waals surface area contributed by atoms with Crippen molar-refractivity contribution in [1.82, 2.24) is 20.3 Å². The van der Waals surface area contributed by atoms with Crippen LogP contribution in [0.5, 0.6) is 0 Å². The first kappa shape index (κ1) is 10.2. The fraction of sp³-hybridized carbons (Fsp3) is 0.364. The Morgan fingerprint density at radius 2 is 2.47 bits per heavy atom. The van der Waals surface area contributed by atoms with Crippen molar-refractivity contribution in [2.75, 3.05) is 6.54 Å². The number of aliphatic carboxylic acids is 1. The summed E-state index contributed by atoms with van der Waals surface area (Å²) in [7, 11) is 0. The number of nitrogens with one attached hydrogen (secondary N) is 2. The van der Waals surface area contributed by atoms with Gasteiger partial charge in [0.1, 0.15) is 12.0 Å². The van der Waals surface area contributed by atoms with E-state index in [9.17, 15) is 4.79 Å². The molecular formula is C11H12N4O2. The number of rotatable bonds is 2. The zero-order chi connectivity index (χ0) is 11.8. The van der Waals surface area contributed by atoms with E-state index in [0.29, 0.717) is 0 Å². The van der Waals surface area contributed by atoms with E-state index >= 15 is 0 Å². The summed E-state index contributed by atoms with van der Waals surface area (Å²) in [5, 5.41) is 13.1. The predicted molar refractivity (Wildman–Crippen MR) is 60.6 cm³/mol. The van der Waals surface area contributed by atoms with Gasteiger partial charge in [0.05, 0.1) is 12.5 Å². The average molecular weight is 232 g/mol. The second kappa shape index (κ2) is 3.81. The lowest BCUT2D eigenvalue weighted by Crippen LogP contribution is -2.31. The SMILES string of the molecule is O=C(O)CC1NCCc2c1[nH]c1ncncc21. The first-order chi connectivity index (χ1) is 8.25. The number of carboxylic acid groups (broad SMARTS) is 1. The lowest BCUT2D eigenvalue weighted by atomic mass is 9.98. The van der Waals surface area contributed by atoms with Crippen LogP contribution < -0.4 is 5.32 Å². The second-order valence-electron chi connectivity index (χ2n) is 4.16. The number of fused-ring (bicyclic) bond motifs is 3. The molecule has 1 aliphatic heterocycles. The van der Waals surface area contributed by atoms with Gasteiger partial charge in [-0.2, -0.15) is 0 Å². The Bertz CT molecular complexity index is 578. The average Bonchev–Trinajstić information content (AvgIpc) is 2.68. The van der Waals surface area contributed by atoms with Gasteiger partial charge in [0, 0.05) is 17.3 Å². The highest BCUT2D eigenvalue weighted by Crippen LogP contribution is 2.29. The molecule has 0 saturated carbocycles. The van der Waals surface area contributed by atoms with E-state index in [1.54, 1.807) is 6.20 Å². The minimum atomic E-state index is -0.805. The Kier molecular flexibility index (Phi) is 2.29. The summed E-state index contributed by atoms with van der Waals surface area (Å²) >= 11 is 0. The Balaban J connectivity index is 2.10. The minimum absolute atomic E-state index is 0.0766. The van der Waals surface area contributed by atoms with Gasteiger partial charge in [-0.15, -0.1) is 0 Å². The summed E-state index contributed by atoms with van der Waals surface area (Å²) in [5.41, 5.74) is 2.86. The predicted octanol–water partition coefficient (Wildman–Crippen LogP) is 0.619. The maximum Gasteiger partial charge on any atom is 0.305 e. The highest BCUT2D eigenvalue weighted by molar-refractivity contribution is 5.81. The summed E-state index contributed by atoms with van der Waals surface area (Å²) < 4.78 is 0. The van der Waals surface area contributed by atoms with Crippen molar-refractivity contribution in [2.45, 2.75) is 18.9 Å². The molecule has 1 atom stereocenters. The number of hydrogen-bond donors (Lipinski definition) is 3. The number of hydrogen-bond acceptors (Lipinski definition) is 4. The van der Waals surface area contributed by atoms with Gasteiger partial charge in [0.2, 0.25) is 0 Å². The lowest BCUT2D eigenvalue weighted by molar-refractivity contribution is -0.137. The monoisotopic (exact) mass is 232 g/mol. The number of H-pyrrole nitrogens is 1. The van der Waals surface area contributed by atoms with Crippen LogP contribution in [0.1, 0.15) is 23.7 Å². The lowest BCUT2D eigenvalue weighted by Gasteiger charge is -2.22. The summed E-state index contributed by atoms with van der Waals surface area (Å²) in [4.78, 5) is 22.2. The molecule has 0 aromatic carbocycles. The van der Waals surface area contributed by atoms with Gasteiger partial charge in [-0.1, -0.05) is 0 Å². The van der Waals surface area contributed by atoms with Gasteiger partial charge in [0.15, 0.2) is 0 Å². The highest BCUT2D eigenvalue weighted by Gasteiger charge is 2.25. The Morgan fingerprint density at radius 1 is 1.59 bits per heavy atom. The van der Waals surface area contributed by atoms with Gasteiger partial charge < -0.3 is 15.4 Å². The van der Waals surface area contributed by atoms with Crippen LogP contribution >= 0.6 is 0 Å². The van der Waals surface area contributed by atoms with Crippen LogP contribution in [0.4, 0.5) is 0 Å². The molecule has 3 N–H and O–H groups in total. The molecule has 0 bridgehead atoms. The molecule has 17 heavy (non-hydrogen) atoms. The Labute approximate surface area is 97.1 Å². The van der Waals surface area contributed by atoms with Crippen LogP contribution in [0.2, 0.25) is 0 Å². The van der Waals surface area contributed by atoms with Gasteiger partial charge in [0.25, 0.3) is 0 Å². The maximum atomic E-state index is 10.8. The summed E-state index contributed by atoms with van der Waals surface area (Å²) in [6.07, 6.45) is 4.22. The van der Waals surface area contributed by atoms with Gasteiger partial charge >= 0.3 is 5.97 Å². The van der Waals surface area contributed by atoms with E-state index in [2.05, 4.69) is 20.3 Å². The molecule has 0 radical (unpaired) electrons. The minimum Gasteiger partial charge on any atom is -0.481 e. The molecular weight excluding hydrogens is 220 g/mol. The first-order valence-corrected chi connectivity index (χ1v) is 5.51. The normalized spacial score (nSPS) is 19.2. The molecule has 1 unspecified atom stereocenters. The second-order valence-corrected chi connectivity index (χ2v) is 4.16. The van der Waals surface area contributed by atoms with Crippen molar-refractivity contribution in [2.24, 2.45) is 0 Å². The molecule has 2 aromatic rings. The smallest absolute Gasteiger partial charge is 0.305 e. The molecule has 0 aliphatic carbocycles. The third kappa shape index (κ3) is 1.66. The molecule has 0 fully saturated rings. The number of carbonyl (C=O) groups is 1. The zero-order valence-corrected chi connectivity index (χ0v) is 9.10. The third-order valence-electron chi connectivity index (χ3n) is 3.11. The van der Waals surface area contributed by atoms with E-state index in [-0.39, 0.29) is 12.5 Å². The Hall–Kier alpha value is -1.95. The van der Waals surface area contributed by atoms with Crippen LogP contribution in [-0.4, -0.2) is 32.6 Å². The zero-order valence-electron chi connectivity index (χ0n) is 9.10. The quantitative estimate of drug-likeness (QED) is 0.706. The van der Waals surface area contributed by atoms with E-state index in [1.807, 2.05) is 0 Å². The molecule has 0 spiro atoms. The van der Waals surface area contributed by atoms with Crippen molar-refractivity contribution in [3.8, 4) is 0 Å². The van der Waals surface area contributed by atoms with Crippen LogP contribution in [0.25, 0.3) is 11.0 Å². The molecule has 3 heterocycles. The van der Waals surface area contributed by atoms with Crippen molar-refractivity contribution < 1.29 is 9.90 Å². The van der Waals surface area contributed by atoms with Crippen molar-refractivity contribution in [3.05, 3.63) is 23.8 Å². The van der Waals surface area contributed by atoms with E-state index < -0.39 is 5.97 Å². The molecule has 88 valence electrons. The van der Waals surface area contributed by atoms with Gasteiger partial charge in [-0.05, 0) is 18.5 Å². The van der Waals surface area contributed by atoms with E-state index in [0.717, 1.165) is 35.3 Å². The summed E-state index contributed by atoms with van der Waals surface area (Å²) in [5.74, 6) is -0.805. The highest BCUT2D eigenvalue weighted by atomic mass is 16.4. The van der Waals surface area contributed by atoms with Crippen LogP contribution in [-0.2, 0) is 11.2 Å². The van der Waals surface area contributed by atoms with Gasteiger partial charge in [-0.3, -0.25) is 4.79 Å². The molecule has 6 nitrogen and oxygen atoms in total. The van der Waals surface area contributed by atoms with Crippen LogP contribution in [0, 0.1) is 0 Å². The Morgan fingerprint density at radius 3 is 3.29 bits per heavy atom. The molecule has 0 saturated heterocycles. The standard InChI is InChI=1S/C11H12N4O2/c16-9(17)3-8-10-6(1-2-13-8)7-4-12-5-14-11(7)15-10/h4-5,8,13H,1-3H2,(H,16,17)(H,12,14,15).